The Morgan fingerprint density at radius 1 is 0.353 bits per heavy atom. The fraction of sp³-hybridized carbons (Fsp3) is 0. The van der Waals surface area contributed by atoms with E-state index in [0.717, 1.165) is 60.1 Å². The Morgan fingerprint density at radius 2 is 0.941 bits per heavy atom. The third-order valence-electron chi connectivity index (χ3n) is 9.53. The van der Waals surface area contributed by atoms with Gasteiger partial charge in [0.2, 0.25) is 5.89 Å². The molecule has 0 aliphatic heterocycles. The van der Waals surface area contributed by atoms with E-state index in [1.165, 1.54) is 11.1 Å². The predicted molar refractivity (Wildman–Crippen MR) is 207 cm³/mol. The van der Waals surface area contributed by atoms with Crippen molar-refractivity contribution in [2.45, 2.75) is 0 Å². The number of nitrogens with zero attached hydrogens (tertiary/aromatic N) is 4. The Bertz CT molecular complexity index is 2910. The SMILES string of the molecule is c1ccc(-c2ccc3cc(-c4nc(-c5cccc6ccccc56)nc(-c5cccc6ccc7nc(-c8ccccc8)oc7c56)n4)ccc3c2)cc1. The largest absolute Gasteiger partial charge is 0.435 e. The van der Waals surface area contributed by atoms with Crippen molar-refractivity contribution < 1.29 is 4.42 Å². The van der Waals surface area contributed by atoms with Crippen LogP contribution in [-0.4, -0.2) is 19.9 Å². The van der Waals surface area contributed by atoms with Crippen molar-refractivity contribution in [1.82, 2.24) is 19.9 Å². The van der Waals surface area contributed by atoms with Crippen LogP contribution < -0.4 is 0 Å². The van der Waals surface area contributed by atoms with E-state index in [9.17, 15) is 0 Å². The number of fused-ring (bicyclic) bond motifs is 5. The van der Waals surface area contributed by atoms with Gasteiger partial charge >= 0.3 is 0 Å². The Labute approximate surface area is 293 Å². The van der Waals surface area contributed by atoms with Gasteiger partial charge in [-0.2, -0.15) is 0 Å². The number of hydrogen-bond acceptors (Lipinski definition) is 5. The Kier molecular flexibility index (Phi) is 6.74. The van der Waals surface area contributed by atoms with E-state index in [-0.39, 0.29) is 0 Å². The highest BCUT2D eigenvalue weighted by Crippen LogP contribution is 2.38. The minimum atomic E-state index is 0.568. The Hall–Kier alpha value is -6.98. The van der Waals surface area contributed by atoms with Gasteiger partial charge in [0.15, 0.2) is 23.1 Å². The smallest absolute Gasteiger partial charge is 0.227 e. The molecule has 0 fully saturated rings. The zero-order chi connectivity index (χ0) is 33.7. The van der Waals surface area contributed by atoms with Crippen LogP contribution in [0.1, 0.15) is 0 Å². The molecule has 0 amide bonds. The first-order valence-corrected chi connectivity index (χ1v) is 17.0. The predicted octanol–water partition coefficient (Wildman–Crippen LogP) is 11.8. The summed E-state index contributed by atoms with van der Waals surface area (Å²) in [4.78, 5) is 20.4. The van der Waals surface area contributed by atoms with E-state index in [4.69, 9.17) is 24.4 Å². The summed E-state index contributed by atoms with van der Waals surface area (Å²) in [5.41, 5.74) is 7.50. The van der Waals surface area contributed by atoms with Crippen LogP contribution in [0.25, 0.3) is 100 Å². The first kappa shape index (κ1) is 29.0. The zero-order valence-electron chi connectivity index (χ0n) is 27.4. The lowest BCUT2D eigenvalue weighted by atomic mass is 9.99. The molecule has 0 spiro atoms. The van der Waals surface area contributed by atoms with E-state index in [1.807, 2.05) is 48.5 Å². The van der Waals surface area contributed by atoms with Gasteiger partial charge in [0, 0.05) is 27.6 Å². The average Bonchev–Trinajstić information content (AvgIpc) is 3.66. The average molecular weight is 653 g/mol. The molecule has 0 saturated carbocycles. The molecule has 8 aromatic carbocycles. The van der Waals surface area contributed by atoms with Gasteiger partial charge in [-0.05, 0) is 68.4 Å². The maximum atomic E-state index is 6.52. The van der Waals surface area contributed by atoms with Crippen molar-refractivity contribution in [3.05, 3.63) is 170 Å². The molecule has 0 bridgehead atoms. The molecule has 10 rings (SSSR count). The van der Waals surface area contributed by atoms with E-state index in [0.29, 0.717) is 28.9 Å². The molecule has 0 aliphatic carbocycles. The minimum Gasteiger partial charge on any atom is -0.435 e. The van der Waals surface area contributed by atoms with E-state index in [1.54, 1.807) is 0 Å². The molecule has 5 nitrogen and oxygen atoms in total. The summed E-state index contributed by atoms with van der Waals surface area (Å²) >= 11 is 0. The molecule has 0 unspecified atom stereocenters. The van der Waals surface area contributed by atoms with Crippen LogP contribution >= 0.6 is 0 Å². The summed E-state index contributed by atoms with van der Waals surface area (Å²) < 4.78 is 6.52. The summed E-state index contributed by atoms with van der Waals surface area (Å²) in [6.45, 7) is 0. The number of hydrogen-bond donors (Lipinski definition) is 0. The second kappa shape index (κ2) is 11.9. The monoisotopic (exact) mass is 652 g/mol. The molecule has 0 N–H and O–H groups in total. The van der Waals surface area contributed by atoms with Crippen molar-refractivity contribution in [3.63, 3.8) is 0 Å². The van der Waals surface area contributed by atoms with Crippen LogP contribution in [0.5, 0.6) is 0 Å². The number of benzene rings is 8. The number of oxazole rings is 1. The van der Waals surface area contributed by atoms with Crippen LogP contribution in [0.2, 0.25) is 0 Å². The highest BCUT2D eigenvalue weighted by Gasteiger charge is 2.19. The maximum absolute atomic E-state index is 6.52. The normalized spacial score (nSPS) is 11.5. The minimum absolute atomic E-state index is 0.568. The highest BCUT2D eigenvalue weighted by molar-refractivity contribution is 6.11. The fourth-order valence-corrected chi connectivity index (χ4v) is 7.01. The summed E-state index contributed by atoms with van der Waals surface area (Å²) in [7, 11) is 0. The van der Waals surface area contributed by atoms with Crippen molar-refractivity contribution in [1.29, 1.82) is 0 Å². The van der Waals surface area contributed by atoms with Crippen molar-refractivity contribution in [2.75, 3.05) is 0 Å². The van der Waals surface area contributed by atoms with Gasteiger partial charge in [-0.25, -0.2) is 19.9 Å². The molecule has 10 aromatic rings. The molecule has 0 radical (unpaired) electrons. The molecule has 5 heteroatoms. The molecule has 51 heavy (non-hydrogen) atoms. The molecule has 2 heterocycles. The molecule has 0 atom stereocenters. The van der Waals surface area contributed by atoms with Gasteiger partial charge in [-0.1, -0.05) is 140 Å². The van der Waals surface area contributed by atoms with Crippen LogP contribution in [0, 0.1) is 0 Å². The molecular weight excluding hydrogens is 625 g/mol. The molecule has 0 saturated heterocycles. The van der Waals surface area contributed by atoms with Crippen LogP contribution in [0.3, 0.4) is 0 Å². The second-order valence-corrected chi connectivity index (χ2v) is 12.7. The van der Waals surface area contributed by atoms with Crippen molar-refractivity contribution >= 4 is 43.4 Å². The quantitative estimate of drug-likeness (QED) is 0.185. The maximum Gasteiger partial charge on any atom is 0.227 e. The fourth-order valence-electron chi connectivity index (χ4n) is 7.01. The lowest BCUT2D eigenvalue weighted by molar-refractivity contribution is 0.623. The van der Waals surface area contributed by atoms with Crippen molar-refractivity contribution in [3.8, 4) is 56.7 Å². The second-order valence-electron chi connectivity index (χ2n) is 12.7. The van der Waals surface area contributed by atoms with Crippen LogP contribution in [-0.2, 0) is 0 Å². The van der Waals surface area contributed by atoms with E-state index in [2.05, 4.69) is 121 Å². The standard InChI is InChI=1S/C46H28N4O/c1-3-11-29(12-4-1)33-21-22-35-28-36(24-23-34(35)27-33)43-48-44(38-19-9-16-30-13-7-8-18-37(30)38)50-45(49-43)39-20-10-17-31-25-26-40-42(41(31)39)51-46(47-40)32-14-5-2-6-15-32/h1-28H. The third-order valence-corrected chi connectivity index (χ3v) is 9.53. The Balaban J connectivity index is 1.19. The summed E-state index contributed by atoms with van der Waals surface area (Å²) in [6, 6.07) is 58.3. The van der Waals surface area contributed by atoms with Gasteiger partial charge in [0.05, 0.1) is 0 Å². The molecule has 2 aromatic heterocycles. The van der Waals surface area contributed by atoms with E-state index >= 15 is 0 Å². The summed E-state index contributed by atoms with van der Waals surface area (Å²) in [5.74, 6) is 2.35. The van der Waals surface area contributed by atoms with Gasteiger partial charge in [-0.15, -0.1) is 0 Å². The summed E-state index contributed by atoms with van der Waals surface area (Å²) in [5, 5.41) is 6.41. The highest BCUT2D eigenvalue weighted by atomic mass is 16.3. The third kappa shape index (κ3) is 5.11. The van der Waals surface area contributed by atoms with Gasteiger partial charge in [-0.3, -0.25) is 0 Å². The zero-order valence-corrected chi connectivity index (χ0v) is 27.4. The first-order valence-electron chi connectivity index (χ1n) is 17.0. The topological polar surface area (TPSA) is 64.7 Å². The van der Waals surface area contributed by atoms with Crippen LogP contribution in [0.15, 0.2) is 174 Å². The molecular formula is C46H28N4O. The number of aromatic nitrogens is 4. The van der Waals surface area contributed by atoms with Crippen LogP contribution in [0.4, 0.5) is 0 Å². The molecule has 0 aliphatic rings. The van der Waals surface area contributed by atoms with Gasteiger partial charge < -0.3 is 4.42 Å². The Morgan fingerprint density at radius 3 is 1.75 bits per heavy atom. The summed E-state index contributed by atoms with van der Waals surface area (Å²) in [6.07, 6.45) is 0. The number of rotatable bonds is 5. The molecule has 238 valence electrons. The van der Waals surface area contributed by atoms with Crippen molar-refractivity contribution in [2.24, 2.45) is 0 Å². The first-order chi connectivity index (χ1) is 25.2. The lowest BCUT2D eigenvalue weighted by Crippen LogP contribution is -2.01. The van der Waals surface area contributed by atoms with Gasteiger partial charge in [0.1, 0.15) is 5.52 Å². The lowest BCUT2D eigenvalue weighted by Gasteiger charge is -2.12. The van der Waals surface area contributed by atoms with Gasteiger partial charge in [0.25, 0.3) is 0 Å². The van der Waals surface area contributed by atoms with E-state index < -0.39 is 0 Å².